The van der Waals surface area contributed by atoms with Crippen LogP contribution in [-0.2, 0) is 7.05 Å². The average Bonchev–Trinajstić information content (AvgIpc) is 2.68. The van der Waals surface area contributed by atoms with Crippen LogP contribution in [-0.4, -0.2) is 20.8 Å². The van der Waals surface area contributed by atoms with Gasteiger partial charge in [0.25, 0.3) is 0 Å². The fourth-order valence-electron chi connectivity index (χ4n) is 1.99. The molecule has 1 rings (SSSR count). The Balaban J connectivity index is 2.18. The molecule has 0 atom stereocenters. The molecule has 0 unspecified atom stereocenters. The fourth-order valence-corrected chi connectivity index (χ4v) is 2.54. The minimum atomic E-state index is 0.128. The van der Waals surface area contributed by atoms with Crippen molar-refractivity contribution in [3.63, 3.8) is 0 Å². The minimum Gasteiger partial charge on any atom is -0.292 e. The van der Waals surface area contributed by atoms with Crippen molar-refractivity contribution >= 4 is 21.7 Å². The first-order valence-corrected chi connectivity index (χ1v) is 7.54. The predicted octanol–water partition coefficient (Wildman–Crippen LogP) is 3.90. The van der Waals surface area contributed by atoms with Crippen LogP contribution < -0.4 is 0 Å². The first-order chi connectivity index (χ1) is 8.66. The molecule has 18 heavy (non-hydrogen) atoms. The molecule has 0 N–H and O–H groups in total. The zero-order chi connectivity index (χ0) is 13.4. The van der Waals surface area contributed by atoms with Gasteiger partial charge in [-0.25, -0.2) is 4.68 Å². The maximum Gasteiger partial charge on any atom is 0.183 e. The number of hydrogen-bond acceptors (Lipinski definition) is 3. The van der Waals surface area contributed by atoms with Gasteiger partial charge in [0.2, 0.25) is 0 Å². The van der Waals surface area contributed by atoms with Crippen LogP contribution in [0.15, 0.2) is 4.60 Å². The van der Waals surface area contributed by atoms with Crippen LogP contribution in [0.25, 0.3) is 0 Å². The van der Waals surface area contributed by atoms with Crippen molar-refractivity contribution in [2.75, 3.05) is 0 Å². The van der Waals surface area contributed by atoms with Gasteiger partial charge in [0, 0.05) is 13.5 Å². The highest BCUT2D eigenvalue weighted by molar-refractivity contribution is 9.10. The van der Waals surface area contributed by atoms with E-state index in [9.17, 15) is 4.79 Å². The molecule has 4 nitrogen and oxygen atoms in total. The molecule has 0 aliphatic rings. The lowest BCUT2D eigenvalue weighted by Gasteiger charge is -2.02. The monoisotopic (exact) mass is 315 g/mol. The smallest absolute Gasteiger partial charge is 0.183 e. The van der Waals surface area contributed by atoms with Crippen LogP contribution in [0.4, 0.5) is 0 Å². The first kappa shape index (κ1) is 15.3. The number of halogens is 1. The van der Waals surface area contributed by atoms with Gasteiger partial charge in [-0.1, -0.05) is 50.7 Å². The van der Waals surface area contributed by atoms with Crippen LogP contribution in [0.1, 0.15) is 68.8 Å². The molecule has 0 saturated heterocycles. The summed E-state index contributed by atoms with van der Waals surface area (Å²) in [6.07, 6.45) is 9.14. The van der Waals surface area contributed by atoms with Crippen molar-refractivity contribution in [3.8, 4) is 0 Å². The maximum atomic E-state index is 12.0. The summed E-state index contributed by atoms with van der Waals surface area (Å²) in [4.78, 5) is 12.0. The number of carbonyl (C=O) groups excluding carboxylic acids is 1. The van der Waals surface area contributed by atoms with Gasteiger partial charge in [-0.3, -0.25) is 4.79 Å². The van der Waals surface area contributed by atoms with Gasteiger partial charge in [0.05, 0.1) is 0 Å². The highest BCUT2D eigenvalue weighted by atomic mass is 79.9. The lowest BCUT2D eigenvalue weighted by atomic mass is 10.1. The number of aromatic nitrogens is 3. The van der Waals surface area contributed by atoms with E-state index in [2.05, 4.69) is 33.2 Å². The number of hydrogen-bond donors (Lipinski definition) is 0. The summed E-state index contributed by atoms with van der Waals surface area (Å²) >= 11 is 3.25. The summed E-state index contributed by atoms with van der Waals surface area (Å²) in [5.74, 6) is 0.128. The second kappa shape index (κ2) is 8.40. The highest BCUT2D eigenvalue weighted by Gasteiger charge is 2.15. The summed E-state index contributed by atoms with van der Waals surface area (Å²) in [6, 6.07) is 0. The zero-order valence-corrected chi connectivity index (χ0v) is 12.9. The number of aryl methyl sites for hydroxylation is 1. The third-order valence-electron chi connectivity index (χ3n) is 3.06. The lowest BCUT2D eigenvalue weighted by molar-refractivity contribution is 0.0969. The van der Waals surface area contributed by atoms with E-state index in [4.69, 9.17) is 0 Å². The van der Waals surface area contributed by atoms with Crippen LogP contribution in [0.2, 0.25) is 0 Å². The third-order valence-corrected chi connectivity index (χ3v) is 3.59. The molecule has 0 aliphatic heterocycles. The highest BCUT2D eigenvalue weighted by Crippen LogP contribution is 2.16. The van der Waals surface area contributed by atoms with Crippen LogP contribution >= 0.6 is 15.9 Å². The molecule has 1 heterocycles. The number of rotatable bonds is 9. The van der Waals surface area contributed by atoms with E-state index in [1.807, 2.05) is 0 Å². The Morgan fingerprint density at radius 2 is 1.78 bits per heavy atom. The van der Waals surface area contributed by atoms with E-state index in [0.29, 0.717) is 16.7 Å². The molecule has 1 aromatic rings. The Morgan fingerprint density at radius 1 is 1.17 bits per heavy atom. The molecule has 5 heteroatoms. The van der Waals surface area contributed by atoms with Crippen molar-refractivity contribution in [1.29, 1.82) is 0 Å². The minimum absolute atomic E-state index is 0.128. The molecule has 1 aromatic heterocycles. The molecule has 0 radical (unpaired) electrons. The number of ketones is 1. The van der Waals surface area contributed by atoms with E-state index < -0.39 is 0 Å². The molecular formula is C13H22BrN3O. The van der Waals surface area contributed by atoms with Gasteiger partial charge >= 0.3 is 0 Å². The maximum absolute atomic E-state index is 12.0. The summed E-state index contributed by atoms with van der Waals surface area (Å²) < 4.78 is 2.09. The van der Waals surface area contributed by atoms with Crippen LogP contribution in [0.5, 0.6) is 0 Å². The van der Waals surface area contributed by atoms with Gasteiger partial charge in [-0.05, 0) is 22.4 Å². The van der Waals surface area contributed by atoms with Crippen molar-refractivity contribution in [1.82, 2.24) is 15.0 Å². The number of unbranched alkanes of at least 4 members (excludes halogenated alkanes) is 6. The van der Waals surface area contributed by atoms with E-state index in [1.54, 1.807) is 7.05 Å². The van der Waals surface area contributed by atoms with Gasteiger partial charge in [-0.15, -0.1) is 5.10 Å². The quantitative estimate of drug-likeness (QED) is 0.513. The van der Waals surface area contributed by atoms with Crippen LogP contribution in [0.3, 0.4) is 0 Å². The predicted molar refractivity (Wildman–Crippen MR) is 75.6 cm³/mol. The van der Waals surface area contributed by atoms with E-state index in [0.717, 1.165) is 12.8 Å². The first-order valence-electron chi connectivity index (χ1n) is 6.75. The van der Waals surface area contributed by atoms with Crippen LogP contribution in [0, 0.1) is 0 Å². The SMILES string of the molecule is CCCCCCCCCC(=O)c1c(Br)nnn1C. The second-order valence-corrected chi connectivity index (χ2v) is 5.40. The summed E-state index contributed by atoms with van der Waals surface area (Å²) in [5, 5.41) is 7.64. The molecule has 0 saturated carbocycles. The molecule has 0 aromatic carbocycles. The third kappa shape index (κ3) is 4.88. The Kier molecular flexibility index (Phi) is 7.16. The summed E-state index contributed by atoms with van der Waals surface area (Å²) in [7, 11) is 1.75. The van der Waals surface area contributed by atoms with E-state index in [-0.39, 0.29) is 5.78 Å². The number of carbonyl (C=O) groups is 1. The number of nitrogens with zero attached hydrogens (tertiary/aromatic N) is 3. The van der Waals surface area contributed by atoms with Gasteiger partial charge in [0.1, 0.15) is 5.69 Å². The standard InChI is InChI=1S/C13H22BrN3O/c1-3-4-5-6-7-8-9-10-11(18)12-13(14)15-16-17(12)2/h3-10H2,1-2H3. The molecular weight excluding hydrogens is 294 g/mol. The molecule has 102 valence electrons. The van der Waals surface area contributed by atoms with Gasteiger partial charge in [0.15, 0.2) is 10.4 Å². The molecule has 0 fully saturated rings. The number of Topliss-reactive ketones (excluding diaryl/α,β-unsaturated/α-hetero) is 1. The Labute approximate surface area is 117 Å². The second-order valence-electron chi connectivity index (χ2n) is 4.65. The molecule has 0 amide bonds. The average molecular weight is 316 g/mol. The zero-order valence-electron chi connectivity index (χ0n) is 11.3. The van der Waals surface area contributed by atoms with Crippen molar-refractivity contribution in [2.24, 2.45) is 7.05 Å². The van der Waals surface area contributed by atoms with E-state index >= 15 is 0 Å². The molecule has 0 bridgehead atoms. The lowest BCUT2D eigenvalue weighted by Crippen LogP contribution is -2.07. The largest absolute Gasteiger partial charge is 0.292 e. The Bertz CT molecular complexity index is 357. The molecule has 0 aliphatic carbocycles. The summed E-state index contributed by atoms with van der Waals surface area (Å²) in [5.41, 5.74) is 0.584. The van der Waals surface area contributed by atoms with Gasteiger partial charge in [-0.2, -0.15) is 0 Å². The van der Waals surface area contributed by atoms with Crippen molar-refractivity contribution in [3.05, 3.63) is 10.3 Å². The Hall–Kier alpha value is -0.710. The fraction of sp³-hybridized carbons (Fsp3) is 0.769. The topological polar surface area (TPSA) is 47.8 Å². The normalized spacial score (nSPS) is 10.8. The van der Waals surface area contributed by atoms with Gasteiger partial charge < -0.3 is 0 Å². The Morgan fingerprint density at radius 3 is 2.33 bits per heavy atom. The summed E-state index contributed by atoms with van der Waals surface area (Å²) in [6.45, 7) is 2.22. The van der Waals surface area contributed by atoms with Crippen molar-refractivity contribution in [2.45, 2.75) is 58.3 Å². The van der Waals surface area contributed by atoms with Crippen molar-refractivity contribution < 1.29 is 4.79 Å². The van der Waals surface area contributed by atoms with E-state index in [1.165, 1.54) is 36.8 Å². The molecule has 0 spiro atoms.